The Bertz CT molecular complexity index is 509. The van der Waals surface area contributed by atoms with Crippen LogP contribution in [0.15, 0.2) is 0 Å². The zero-order valence-corrected chi connectivity index (χ0v) is 13.5. The minimum atomic E-state index is -1.21. The number of carbonyl (C=O) groups excluding carboxylic acids is 4. The molecule has 0 aromatic heterocycles. The van der Waals surface area contributed by atoms with E-state index >= 15 is 0 Å². The van der Waals surface area contributed by atoms with Crippen molar-refractivity contribution in [1.82, 2.24) is 16.0 Å². The highest BCUT2D eigenvalue weighted by Crippen LogP contribution is 1.93. The molecule has 0 heterocycles. The molecule has 3 unspecified atom stereocenters. The number of aliphatic carboxylic acids is 1. The number of carbonyl (C=O) groups is 5. The average molecular weight is 345 g/mol. The number of primary amides is 1. The zero-order valence-electron chi connectivity index (χ0n) is 13.5. The third-order valence-electron chi connectivity index (χ3n) is 2.96. The van der Waals surface area contributed by atoms with Crippen LogP contribution in [0.4, 0.5) is 0 Å². The Kier molecular flexibility index (Phi) is 9.02. The second kappa shape index (κ2) is 10.2. The summed E-state index contributed by atoms with van der Waals surface area (Å²) < 4.78 is 0. The predicted octanol–water partition coefficient (Wildman–Crippen LogP) is -3.21. The molecule has 0 radical (unpaired) electrons. The van der Waals surface area contributed by atoms with E-state index in [1.165, 1.54) is 13.8 Å². The van der Waals surface area contributed by atoms with Crippen LogP contribution in [0.2, 0.25) is 0 Å². The molecule has 0 aliphatic heterocycles. The molecular formula is C13H23N5O6. The summed E-state index contributed by atoms with van der Waals surface area (Å²) in [4.78, 5) is 56.1. The third kappa shape index (κ3) is 8.68. The summed E-state index contributed by atoms with van der Waals surface area (Å²) in [5.41, 5.74) is 10.4. The number of nitrogens with one attached hydrogen (secondary N) is 3. The van der Waals surface area contributed by atoms with Gasteiger partial charge in [-0.25, -0.2) is 0 Å². The first-order chi connectivity index (χ1) is 11.0. The standard InChI is InChI=1S/C13H23N5O6/c1-6(11(21)18-7(2)13(23)24)17-10(20)5-16-12(22)8(14)3-4-9(15)19/h6-8H,3-5,14H2,1-2H3,(H2,15,19)(H,16,22)(H,17,20)(H,18,21)(H,23,24). The summed E-state index contributed by atoms with van der Waals surface area (Å²) in [6.45, 7) is 2.22. The lowest BCUT2D eigenvalue weighted by Crippen LogP contribution is -2.52. The molecule has 11 heteroatoms. The topological polar surface area (TPSA) is 194 Å². The van der Waals surface area contributed by atoms with E-state index in [0.717, 1.165) is 0 Å². The SMILES string of the molecule is CC(NC(=O)C(C)NC(=O)CNC(=O)C(N)CCC(N)=O)C(=O)O. The second-order valence-electron chi connectivity index (χ2n) is 5.19. The Balaban J connectivity index is 4.20. The molecule has 136 valence electrons. The van der Waals surface area contributed by atoms with Crippen molar-refractivity contribution in [3.05, 3.63) is 0 Å². The molecule has 0 spiro atoms. The van der Waals surface area contributed by atoms with Gasteiger partial charge in [0.1, 0.15) is 12.1 Å². The number of carboxylic acids is 1. The molecular weight excluding hydrogens is 322 g/mol. The van der Waals surface area contributed by atoms with Crippen molar-refractivity contribution < 1.29 is 29.1 Å². The average Bonchev–Trinajstić information content (AvgIpc) is 2.49. The summed E-state index contributed by atoms with van der Waals surface area (Å²) in [7, 11) is 0. The zero-order chi connectivity index (χ0) is 18.9. The molecule has 0 bridgehead atoms. The molecule has 3 atom stereocenters. The van der Waals surface area contributed by atoms with Crippen LogP contribution in [0.3, 0.4) is 0 Å². The van der Waals surface area contributed by atoms with Gasteiger partial charge in [-0.1, -0.05) is 0 Å². The summed E-state index contributed by atoms with van der Waals surface area (Å²) in [6, 6.07) is -3.07. The van der Waals surface area contributed by atoms with Crippen LogP contribution in [-0.4, -0.2) is 59.4 Å². The van der Waals surface area contributed by atoms with Gasteiger partial charge in [0, 0.05) is 6.42 Å². The maximum absolute atomic E-state index is 11.6. The Morgan fingerprint density at radius 2 is 1.58 bits per heavy atom. The van der Waals surface area contributed by atoms with Gasteiger partial charge >= 0.3 is 5.97 Å². The van der Waals surface area contributed by atoms with Crippen molar-refractivity contribution >= 4 is 29.6 Å². The van der Waals surface area contributed by atoms with Crippen LogP contribution in [-0.2, 0) is 24.0 Å². The highest BCUT2D eigenvalue weighted by molar-refractivity contribution is 5.92. The molecule has 24 heavy (non-hydrogen) atoms. The first-order valence-corrected chi connectivity index (χ1v) is 7.18. The highest BCUT2D eigenvalue weighted by Gasteiger charge is 2.21. The van der Waals surface area contributed by atoms with E-state index < -0.39 is 54.3 Å². The smallest absolute Gasteiger partial charge is 0.325 e. The summed E-state index contributed by atoms with van der Waals surface area (Å²) >= 11 is 0. The number of hydrogen-bond acceptors (Lipinski definition) is 6. The van der Waals surface area contributed by atoms with Crippen molar-refractivity contribution in [3.8, 4) is 0 Å². The lowest BCUT2D eigenvalue weighted by atomic mass is 10.1. The van der Waals surface area contributed by atoms with E-state index in [4.69, 9.17) is 16.6 Å². The normalized spacial score (nSPS) is 14.0. The molecule has 0 saturated heterocycles. The van der Waals surface area contributed by atoms with E-state index in [9.17, 15) is 24.0 Å². The molecule has 0 rings (SSSR count). The van der Waals surface area contributed by atoms with Gasteiger partial charge in [-0.15, -0.1) is 0 Å². The minimum Gasteiger partial charge on any atom is -0.480 e. The van der Waals surface area contributed by atoms with Gasteiger partial charge in [-0.05, 0) is 20.3 Å². The second-order valence-corrected chi connectivity index (χ2v) is 5.19. The molecule has 0 aliphatic carbocycles. The van der Waals surface area contributed by atoms with Crippen molar-refractivity contribution in [2.24, 2.45) is 11.5 Å². The number of hydrogen-bond donors (Lipinski definition) is 6. The maximum atomic E-state index is 11.6. The van der Waals surface area contributed by atoms with Crippen LogP contribution in [0.25, 0.3) is 0 Å². The Morgan fingerprint density at radius 1 is 1.00 bits per heavy atom. The van der Waals surface area contributed by atoms with Crippen LogP contribution >= 0.6 is 0 Å². The van der Waals surface area contributed by atoms with E-state index in [2.05, 4.69) is 16.0 Å². The summed E-state index contributed by atoms with van der Waals surface area (Å²) in [5.74, 6) is -3.77. The Morgan fingerprint density at radius 3 is 2.08 bits per heavy atom. The van der Waals surface area contributed by atoms with Gasteiger partial charge in [-0.2, -0.15) is 0 Å². The first-order valence-electron chi connectivity index (χ1n) is 7.18. The van der Waals surface area contributed by atoms with E-state index in [1.54, 1.807) is 0 Å². The van der Waals surface area contributed by atoms with Gasteiger partial charge in [0.15, 0.2) is 0 Å². The maximum Gasteiger partial charge on any atom is 0.325 e. The van der Waals surface area contributed by atoms with E-state index in [-0.39, 0.29) is 12.8 Å². The van der Waals surface area contributed by atoms with Crippen LogP contribution in [0, 0.1) is 0 Å². The lowest BCUT2D eigenvalue weighted by Gasteiger charge is -2.17. The number of rotatable bonds is 10. The Hall–Kier alpha value is -2.69. The monoisotopic (exact) mass is 345 g/mol. The highest BCUT2D eigenvalue weighted by atomic mass is 16.4. The molecule has 11 nitrogen and oxygen atoms in total. The van der Waals surface area contributed by atoms with Crippen molar-refractivity contribution in [3.63, 3.8) is 0 Å². The number of nitrogens with two attached hydrogens (primary N) is 2. The van der Waals surface area contributed by atoms with Crippen LogP contribution < -0.4 is 27.4 Å². The van der Waals surface area contributed by atoms with Crippen LogP contribution in [0.5, 0.6) is 0 Å². The van der Waals surface area contributed by atoms with Gasteiger partial charge in [0.25, 0.3) is 0 Å². The van der Waals surface area contributed by atoms with Crippen molar-refractivity contribution in [2.75, 3.05) is 6.54 Å². The predicted molar refractivity (Wildman–Crippen MR) is 82.3 cm³/mol. The fourth-order valence-corrected chi connectivity index (χ4v) is 1.49. The molecule has 0 aliphatic rings. The van der Waals surface area contributed by atoms with Crippen molar-refractivity contribution in [2.45, 2.75) is 44.8 Å². The lowest BCUT2D eigenvalue weighted by molar-refractivity contribution is -0.141. The summed E-state index contributed by atoms with van der Waals surface area (Å²) in [5, 5.41) is 15.4. The van der Waals surface area contributed by atoms with E-state index in [0.29, 0.717) is 0 Å². The van der Waals surface area contributed by atoms with Crippen molar-refractivity contribution in [1.29, 1.82) is 0 Å². The van der Waals surface area contributed by atoms with Crippen LogP contribution in [0.1, 0.15) is 26.7 Å². The molecule has 0 fully saturated rings. The van der Waals surface area contributed by atoms with Gasteiger partial charge < -0.3 is 32.5 Å². The van der Waals surface area contributed by atoms with Gasteiger partial charge in [0.2, 0.25) is 23.6 Å². The van der Waals surface area contributed by atoms with Gasteiger partial charge in [-0.3, -0.25) is 24.0 Å². The number of carboxylic acid groups (broad SMARTS) is 1. The summed E-state index contributed by atoms with van der Waals surface area (Å²) in [6.07, 6.45) is -0.00553. The van der Waals surface area contributed by atoms with Gasteiger partial charge in [0.05, 0.1) is 12.6 Å². The molecule has 0 saturated carbocycles. The molecule has 4 amide bonds. The fourth-order valence-electron chi connectivity index (χ4n) is 1.49. The largest absolute Gasteiger partial charge is 0.480 e. The fraction of sp³-hybridized carbons (Fsp3) is 0.615. The molecule has 8 N–H and O–H groups in total. The van der Waals surface area contributed by atoms with E-state index in [1.807, 2.05) is 0 Å². The first kappa shape index (κ1) is 21.3. The minimum absolute atomic E-state index is 0.0503. The molecule has 0 aromatic rings. The number of amides is 4. The quantitative estimate of drug-likeness (QED) is 0.240. The Labute approximate surface area is 138 Å². The third-order valence-corrected chi connectivity index (χ3v) is 2.96. The molecule has 0 aromatic carbocycles.